The number of hydrogen-bond acceptors (Lipinski definition) is 4. The van der Waals surface area contributed by atoms with Crippen molar-refractivity contribution in [2.24, 2.45) is 5.92 Å². The maximum Gasteiger partial charge on any atom is 0.221 e. The molecule has 0 amide bonds. The van der Waals surface area contributed by atoms with E-state index in [0.717, 1.165) is 30.4 Å². The number of rotatable bonds is 5. The fraction of sp³-hybridized carbons (Fsp3) is 0.714. The van der Waals surface area contributed by atoms with Gasteiger partial charge in [0.15, 0.2) is 0 Å². The van der Waals surface area contributed by atoms with E-state index in [9.17, 15) is 0 Å². The van der Waals surface area contributed by atoms with Gasteiger partial charge in [0, 0.05) is 6.54 Å². The maximum atomic E-state index is 5.87. The molecule has 2 rings (SSSR count). The number of ether oxygens (including phenoxy) is 1. The van der Waals surface area contributed by atoms with Crippen LogP contribution in [0.3, 0.4) is 0 Å². The molecule has 1 N–H and O–H groups in total. The van der Waals surface area contributed by atoms with E-state index in [0.29, 0.717) is 5.92 Å². The fourth-order valence-electron chi connectivity index (χ4n) is 2.48. The van der Waals surface area contributed by atoms with E-state index in [1.807, 2.05) is 6.92 Å². The van der Waals surface area contributed by atoms with Crippen LogP contribution in [0.1, 0.15) is 44.6 Å². The highest BCUT2D eigenvalue weighted by atomic mass is 16.5. The van der Waals surface area contributed by atoms with E-state index in [-0.39, 0.29) is 0 Å². The lowest BCUT2D eigenvalue weighted by Crippen LogP contribution is -2.16. The van der Waals surface area contributed by atoms with Gasteiger partial charge in [0.25, 0.3) is 0 Å². The molecule has 0 spiro atoms. The van der Waals surface area contributed by atoms with E-state index in [1.54, 1.807) is 6.33 Å². The van der Waals surface area contributed by atoms with Crippen LogP contribution in [0.15, 0.2) is 6.33 Å². The van der Waals surface area contributed by atoms with E-state index in [1.165, 1.54) is 32.1 Å². The van der Waals surface area contributed by atoms with E-state index >= 15 is 0 Å². The van der Waals surface area contributed by atoms with Crippen molar-refractivity contribution in [3.63, 3.8) is 0 Å². The van der Waals surface area contributed by atoms with Crippen molar-refractivity contribution in [3.8, 4) is 5.88 Å². The zero-order chi connectivity index (χ0) is 12.8. The first-order valence-electron chi connectivity index (χ1n) is 6.99. The minimum absolute atomic E-state index is 0.704. The van der Waals surface area contributed by atoms with Crippen molar-refractivity contribution >= 4 is 5.82 Å². The Balaban J connectivity index is 1.93. The smallest absolute Gasteiger partial charge is 0.221 e. The lowest BCUT2D eigenvalue weighted by Gasteiger charge is -2.21. The Hall–Kier alpha value is -1.32. The highest BCUT2D eigenvalue weighted by Gasteiger charge is 2.15. The Morgan fingerprint density at radius 2 is 2.06 bits per heavy atom. The average molecular weight is 249 g/mol. The molecule has 1 heterocycles. The van der Waals surface area contributed by atoms with Gasteiger partial charge in [0.1, 0.15) is 12.1 Å². The highest BCUT2D eigenvalue weighted by molar-refractivity contribution is 5.47. The molecule has 1 aliphatic carbocycles. The van der Waals surface area contributed by atoms with Gasteiger partial charge in [-0.05, 0) is 32.6 Å². The molecule has 0 radical (unpaired) electrons. The van der Waals surface area contributed by atoms with Crippen LogP contribution in [0.5, 0.6) is 5.88 Å². The zero-order valence-electron chi connectivity index (χ0n) is 11.4. The molecule has 1 fully saturated rings. The first-order chi connectivity index (χ1) is 8.81. The summed E-state index contributed by atoms with van der Waals surface area (Å²) in [6, 6.07) is 0. The lowest BCUT2D eigenvalue weighted by atomic mass is 9.90. The third kappa shape index (κ3) is 3.34. The van der Waals surface area contributed by atoms with Gasteiger partial charge in [-0.2, -0.15) is 0 Å². The van der Waals surface area contributed by atoms with Crippen LogP contribution in [-0.4, -0.2) is 23.1 Å². The van der Waals surface area contributed by atoms with Crippen LogP contribution in [-0.2, 0) is 0 Å². The summed E-state index contributed by atoms with van der Waals surface area (Å²) in [7, 11) is 0. The summed E-state index contributed by atoms with van der Waals surface area (Å²) in [5.74, 6) is 2.31. The molecule has 4 heteroatoms. The SMILES string of the molecule is CCNc1ncnc(OCC2CCCCC2)c1C. The summed E-state index contributed by atoms with van der Waals surface area (Å²) < 4.78 is 5.87. The van der Waals surface area contributed by atoms with E-state index < -0.39 is 0 Å². The number of anilines is 1. The Labute approximate surface area is 109 Å². The molecular weight excluding hydrogens is 226 g/mol. The summed E-state index contributed by atoms with van der Waals surface area (Å²) in [5.41, 5.74) is 1.01. The van der Waals surface area contributed by atoms with Gasteiger partial charge in [-0.3, -0.25) is 0 Å². The highest BCUT2D eigenvalue weighted by Crippen LogP contribution is 2.26. The molecule has 0 aliphatic heterocycles. The quantitative estimate of drug-likeness (QED) is 0.870. The van der Waals surface area contributed by atoms with Crippen molar-refractivity contribution in [1.29, 1.82) is 0 Å². The molecule has 1 aromatic heterocycles. The maximum absolute atomic E-state index is 5.87. The normalized spacial score (nSPS) is 16.6. The molecule has 0 unspecified atom stereocenters. The number of nitrogens with one attached hydrogen (secondary N) is 1. The Morgan fingerprint density at radius 1 is 1.28 bits per heavy atom. The van der Waals surface area contributed by atoms with Crippen LogP contribution in [0.25, 0.3) is 0 Å². The van der Waals surface area contributed by atoms with Crippen LogP contribution >= 0.6 is 0 Å². The second kappa shape index (κ2) is 6.57. The largest absolute Gasteiger partial charge is 0.477 e. The predicted octanol–water partition coefficient (Wildman–Crippen LogP) is 3.18. The Morgan fingerprint density at radius 3 is 2.78 bits per heavy atom. The second-order valence-electron chi connectivity index (χ2n) is 5.00. The fourth-order valence-corrected chi connectivity index (χ4v) is 2.48. The number of aromatic nitrogens is 2. The number of hydrogen-bond donors (Lipinski definition) is 1. The molecule has 0 saturated heterocycles. The van der Waals surface area contributed by atoms with Gasteiger partial charge < -0.3 is 10.1 Å². The van der Waals surface area contributed by atoms with Crippen LogP contribution in [0.4, 0.5) is 5.82 Å². The van der Waals surface area contributed by atoms with Gasteiger partial charge >= 0.3 is 0 Å². The molecule has 0 atom stereocenters. The summed E-state index contributed by atoms with van der Waals surface area (Å²) in [4.78, 5) is 8.45. The molecular formula is C14H23N3O. The van der Waals surface area contributed by atoms with Gasteiger partial charge in [-0.15, -0.1) is 0 Å². The molecule has 18 heavy (non-hydrogen) atoms. The molecule has 1 aliphatic rings. The first-order valence-corrected chi connectivity index (χ1v) is 6.99. The minimum Gasteiger partial charge on any atom is -0.477 e. The third-order valence-electron chi connectivity index (χ3n) is 3.56. The molecule has 4 nitrogen and oxygen atoms in total. The molecule has 100 valence electrons. The molecule has 0 bridgehead atoms. The summed E-state index contributed by atoms with van der Waals surface area (Å²) in [6.45, 7) is 5.72. The molecule has 0 aromatic carbocycles. The number of nitrogens with zero attached hydrogens (tertiary/aromatic N) is 2. The van der Waals surface area contributed by atoms with Crippen molar-refractivity contribution in [2.75, 3.05) is 18.5 Å². The topological polar surface area (TPSA) is 47.0 Å². The van der Waals surface area contributed by atoms with Gasteiger partial charge in [0.05, 0.1) is 12.2 Å². The zero-order valence-corrected chi connectivity index (χ0v) is 11.4. The van der Waals surface area contributed by atoms with Crippen LogP contribution < -0.4 is 10.1 Å². The second-order valence-corrected chi connectivity index (χ2v) is 5.00. The van der Waals surface area contributed by atoms with Crippen molar-refractivity contribution in [3.05, 3.63) is 11.9 Å². The van der Waals surface area contributed by atoms with Gasteiger partial charge in [-0.25, -0.2) is 9.97 Å². The van der Waals surface area contributed by atoms with Gasteiger partial charge in [-0.1, -0.05) is 19.3 Å². The standard InChI is InChI=1S/C14H23N3O/c1-3-15-13-11(2)14(17-10-16-13)18-9-12-7-5-4-6-8-12/h10,12H,3-9H2,1-2H3,(H,15,16,17). The first kappa shape index (κ1) is 13.1. The Bertz CT molecular complexity index is 375. The van der Waals surface area contributed by atoms with E-state index in [2.05, 4.69) is 22.2 Å². The summed E-state index contributed by atoms with van der Waals surface area (Å²) in [5, 5.41) is 3.22. The molecule has 1 saturated carbocycles. The van der Waals surface area contributed by atoms with Crippen LogP contribution in [0, 0.1) is 12.8 Å². The van der Waals surface area contributed by atoms with Crippen molar-refractivity contribution in [2.45, 2.75) is 46.0 Å². The molecule has 1 aromatic rings. The summed E-state index contributed by atoms with van der Waals surface area (Å²) in [6.07, 6.45) is 8.24. The average Bonchev–Trinajstić information content (AvgIpc) is 2.41. The lowest BCUT2D eigenvalue weighted by molar-refractivity contribution is 0.201. The van der Waals surface area contributed by atoms with Crippen molar-refractivity contribution < 1.29 is 4.74 Å². The van der Waals surface area contributed by atoms with Crippen molar-refractivity contribution in [1.82, 2.24) is 9.97 Å². The monoisotopic (exact) mass is 249 g/mol. The predicted molar refractivity (Wildman–Crippen MR) is 73.0 cm³/mol. The van der Waals surface area contributed by atoms with Crippen LogP contribution in [0.2, 0.25) is 0 Å². The third-order valence-corrected chi connectivity index (χ3v) is 3.56. The minimum atomic E-state index is 0.704. The van der Waals surface area contributed by atoms with E-state index in [4.69, 9.17) is 4.74 Å². The van der Waals surface area contributed by atoms with Gasteiger partial charge in [0.2, 0.25) is 5.88 Å². The Kier molecular flexibility index (Phi) is 4.79. The summed E-state index contributed by atoms with van der Waals surface area (Å²) >= 11 is 0.